The van der Waals surface area contributed by atoms with Gasteiger partial charge in [0.25, 0.3) is 5.88 Å². The Kier molecular flexibility index (Phi) is 4.36. The summed E-state index contributed by atoms with van der Waals surface area (Å²) < 4.78 is 5.56. The maximum atomic E-state index is 11.3. The Morgan fingerprint density at radius 1 is 1.40 bits per heavy atom. The van der Waals surface area contributed by atoms with Gasteiger partial charge in [0.1, 0.15) is 11.9 Å². The summed E-state index contributed by atoms with van der Waals surface area (Å²) in [6, 6.07) is 0.150. The molecule has 2 rings (SSSR count). The Balaban J connectivity index is 2.36. The van der Waals surface area contributed by atoms with E-state index in [1.54, 1.807) is 6.92 Å². The number of ether oxygens (including phenoxy) is 1. The van der Waals surface area contributed by atoms with Gasteiger partial charge in [-0.25, -0.2) is 4.98 Å². The summed E-state index contributed by atoms with van der Waals surface area (Å²) >= 11 is 0. The molecule has 1 heterocycles. The van der Waals surface area contributed by atoms with E-state index in [4.69, 9.17) is 4.74 Å². The number of nitrogens with one attached hydrogen (secondary N) is 1. The SMILES string of the molecule is CCC(CC)Nc1nc(C)nc(OC2CC2)c1[N+](=O)[O-]. The topological polar surface area (TPSA) is 90.2 Å². The molecular formula is C13H20N4O3. The highest BCUT2D eigenvalue weighted by Crippen LogP contribution is 2.36. The largest absolute Gasteiger partial charge is 0.469 e. The van der Waals surface area contributed by atoms with E-state index in [1.165, 1.54) is 0 Å². The first kappa shape index (κ1) is 14.5. The number of rotatable bonds is 7. The summed E-state index contributed by atoms with van der Waals surface area (Å²) in [6.07, 6.45) is 3.65. The van der Waals surface area contributed by atoms with Gasteiger partial charge in [0.15, 0.2) is 0 Å². The van der Waals surface area contributed by atoms with E-state index in [0.717, 1.165) is 25.7 Å². The summed E-state index contributed by atoms with van der Waals surface area (Å²) in [5.74, 6) is 0.810. The van der Waals surface area contributed by atoms with E-state index in [2.05, 4.69) is 15.3 Å². The first-order valence-corrected chi connectivity index (χ1v) is 7.01. The minimum absolute atomic E-state index is 0.0593. The first-order valence-electron chi connectivity index (χ1n) is 7.01. The lowest BCUT2D eigenvalue weighted by Gasteiger charge is -2.16. The van der Waals surface area contributed by atoms with Crippen molar-refractivity contribution in [1.82, 2.24) is 9.97 Å². The molecule has 7 nitrogen and oxygen atoms in total. The van der Waals surface area contributed by atoms with Crippen LogP contribution >= 0.6 is 0 Å². The molecule has 0 bridgehead atoms. The second kappa shape index (κ2) is 6.02. The monoisotopic (exact) mass is 280 g/mol. The molecule has 1 aliphatic rings. The number of hydrogen-bond acceptors (Lipinski definition) is 6. The fraction of sp³-hybridized carbons (Fsp3) is 0.692. The molecule has 7 heteroatoms. The van der Waals surface area contributed by atoms with Crippen LogP contribution in [0.1, 0.15) is 45.4 Å². The number of anilines is 1. The zero-order valence-corrected chi connectivity index (χ0v) is 12.0. The Morgan fingerprint density at radius 3 is 2.55 bits per heavy atom. The maximum Gasteiger partial charge on any atom is 0.372 e. The minimum atomic E-state index is -0.470. The van der Waals surface area contributed by atoms with Gasteiger partial charge in [0.05, 0.1) is 4.92 Å². The van der Waals surface area contributed by atoms with Crippen molar-refractivity contribution in [2.45, 2.75) is 58.6 Å². The molecule has 0 amide bonds. The highest BCUT2D eigenvalue weighted by molar-refractivity contribution is 5.62. The van der Waals surface area contributed by atoms with Crippen molar-refractivity contribution in [3.63, 3.8) is 0 Å². The summed E-state index contributed by atoms with van der Waals surface area (Å²) in [4.78, 5) is 19.1. The van der Waals surface area contributed by atoms with Gasteiger partial charge >= 0.3 is 5.69 Å². The number of nitrogens with zero attached hydrogens (tertiary/aromatic N) is 3. The third kappa shape index (κ3) is 3.34. The van der Waals surface area contributed by atoms with Crippen LogP contribution in [-0.2, 0) is 0 Å². The van der Waals surface area contributed by atoms with E-state index in [1.807, 2.05) is 13.8 Å². The second-order valence-electron chi connectivity index (χ2n) is 5.01. The molecule has 0 spiro atoms. The molecular weight excluding hydrogens is 260 g/mol. The van der Waals surface area contributed by atoms with Gasteiger partial charge < -0.3 is 10.1 Å². The zero-order valence-electron chi connectivity index (χ0n) is 12.0. The van der Waals surface area contributed by atoms with Crippen LogP contribution in [0.2, 0.25) is 0 Å². The lowest BCUT2D eigenvalue weighted by Crippen LogP contribution is -2.20. The summed E-state index contributed by atoms with van der Waals surface area (Å²) in [6.45, 7) is 5.77. The van der Waals surface area contributed by atoms with Gasteiger partial charge in [0, 0.05) is 6.04 Å². The smallest absolute Gasteiger partial charge is 0.372 e. The fourth-order valence-electron chi connectivity index (χ4n) is 1.92. The number of aryl methyl sites for hydroxylation is 1. The first-order chi connectivity index (χ1) is 9.55. The standard InChI is InChI=1S/C13H20N4O3/c1-4-9(5-2)16-12-11(17(18)19)13(15-8(3)14-12)20-10-6-7-10/h9-10H,4-7H2,1-3H3,(H,14,15,16). The van der Waals surface area contributed by atoms with Crippen LogP contribution in [0.5, 0.6) is 5.88 Å². The average molecular weight is 280 g/mol. The molecule has 1 aromatic heterocycles. The van der Waals surface area contributed by atoms with E-state index >= 15 is 0 Å². The van der Waals surface area contributed by atoms with Crippen molar-refractivity contribution >= 4 is 11.5 Å². The lowest BCUT2D eigenvalue weighted by molar-refractivity contribution is -0.385. The van der Waals surface area contributed by atoms with Gasteiger partial charge in [-0.1, -0.05) is 13.8 Å². The van der Waals surface area contributed by atoms with Crippen molar-refractivity contribution in [3.05, 3.63) is 15.9 Å². The van der Waals surface area contributed by atoms with Gasteiger partial charge in [-0.05, 0) is 32.6 Å². The summed E-state index contributed by atoms with van der Waals surface area (Å²) in [7, 11) is 0. The molecule has 1 aliphatic carbocycles. The van der Waals surface area contributed by atoms with Crippen molar-refractivity contribution in [2.24, 2.45) is 0 Å². The van der Waals surface area contributed by atoms with Crippen LogP contribution < -0.4 is 10.1 Å². The van der Waals surface area contributed by atoms with Crippen LogP contribution in [0.4, 0.5) is 11.5 Å². The highest BCUT2D eigenvalue weighted by atomic mass is 16.6. The fourth-order valence-corrected chi connectivity index (χ4v) is 1.92. The van der Waals surface area contributed by atoms with Crippen molar-refractivity contribution in [1.29, 1.82) is 0 Å². The number of hydrogen-bond donors (Lipinski definition) is 1. The van der Waals surface area contributed by atoms with Crippen molar-refractivity contribution in [3.8, 4) is 5.88 Å². The lowest BCUT2D eigenvalue weighted by atomic mass is 10.2. The van der Waals surface area contributed by atoms with Gasteiger partial charge in [-0.3, -0.25) is 10.1 Å². The van der Waals surface area contributed by atoms with E-state index < -0.39 is 4.92 Å². The van der Waals surface area contributed by atoms with Crippen LogP contribution in [0.3, 0.4) is 0 Å². The normalized spacial score (nSPS) is 14.4. The van der Waals surface area contributed by atoms with Gasteiger partial charge in [0.2, 0.25) is 5.82 Å². The van der Waals surface area contributed by atoms with Crippen LogP contribution in [0, 0.1) is 17.0 Å². The van der Waals surface area contributed by atoms with E-state index in [9.17, 15) is 10.1 Å². The molecule has 1 saturated carbocycles. The van der Waals surface area contributed by atoms with Gasteiger partial charge in [-0.15, -0.1) is 0 Å². The molecule has 1 aromatic rings. The third-order valence-electron chi connectivity index (χ3n) is 3.28. The third-order valence-corrected chi connectivity index (χ3v) is 3.28. The van der Waals surface area contributed by atoms with E-state index in [-0.39, 0.29) is 29.5 Å². The van der Waals surface area contributed by atoms with E-state index in [0.29, 0.717) is 5.82 Å². The molecule has 0 aromatic carbocycles. The molecule has 20 heavy (non-hydrogen) atoms. The van der Waals surface area contributed by atoms with Crippen LogP contribution in [0.15, 0.2) is 0 Å². The van der Waals surface area contributed by atoms with Crippen LogP contribution in [-0.4, -0.2) is 27.0 Å². The average Bonchev–Trinajstić information content (AvgIpc) is 3.18. The summed E-state index contributed by atoms with van der Waals surface area (Å²) in [5, 5.41) is 14.4. The maximum absolute atomic E-state index is 11.3. The Hall–Kier alpha value is -1.92. The molecule has 110 valence electrons. The quantitative estimate of drug-likeness (QED) is 0.610. The van der Waals surface area contributed by atoms with Crippen molar-refractivity contribution in [2.75, 3.05) is 5.32 Å². The molecule has 0 aliphatic heterocycles. The van der Waals surface area contributed by atoms with Crippen molar-refractivity contribution < 1.29 is 9.66 Å². The Morgan fingerprint density at radius 2 is 2.05 bits per heavy atom. The number of aromatic nitrogens is 2. The molecule has 0 radical (unpaired) electrons. The Bertz CT molecular complexity index is 499. The second-order valence-corrected chi connectivity index (χ2v) is 5.01. The molecule has 0 saturated heterocycles. The molecule has 1 N–H and O–H groups in total. The van der Waals surface area contributed by atoms with Gasteiger partial charge in [-0.2, -0.15) is 4.98 Å². The number of nitro groups is 1. The highest BCUT2D eigenvalue weighted by Gasteiger charge is 2.32. The predicted octanol–water partition coefficient (Wildman–Crippen LogP) is 2.83. The predicted molar refractivity (Wildman–Crippen MR) is 75.1 cm³/mol. The minimum Gasteiger partial charge on any atom is -0.469 e. The molecule has 0 unspecified atom stereocenters. The molecule has 1 fully saturated rings. The zero-order chi connectivity index (χ0) is 14.7. The Labute approximate surface area is 117 Å². The summed E-state index contributed by atoms with van der Waals surface area (Å²) in [5.41, 5.74) is -0.158. The molecule has 0 atom stereocenters. The van der Waals surface area contributed by atoms with Crippen LogP contribution in [0.25, 0.3) is 0 Å².